The fourth-order valence-corrected chi connectivity index (χ4v) is 1.82. The minimum absolute atomic E-state index is 0.0425. The van der Waals surface area contributed by atoms with Crippen LogP contribution in [-0.2, 0) is 6.42 Å². The molecule has 0 aliphatic rings. The monoisotopic (exact) mass is 279 g/mol. The Morgan fingerprint density at radius 2 is 1.84 bits per heavy atom. The number of carbonyl (C=O) groups excluding carboxylic acids is 1. The smallest absolute Gasteiger partial charge is 0.269 e. The van der Waals surface area contributed by atoms with E-state index in [4.69, 9.17) is 5.73 Å². The summed E-state index contributed by atoms with van der Waals surface area (Å²) in [5.74, 6) is -0.245. The van der Waals surface area contributed by atoms with Crippen molar-refractivity contribution in [2.45, 2.75) is 39.0 Å². The lowest BCUT2D eigenvalue weighted by Gasteiger charge is -2.07. The number of hydrogen-bond acceptors (Lipinski definition) is 2. The molecule has 4 nitrogen and oxygen atoms in total. The third-order valence-corrected chi connectivity index (χ3v) is 2.94. The molecule has 4 N–H and O–H groups in total. The third-order valence-electron chi connectivity index (χ3n) is 2.83. The highest BCUT2D eigenvalue weighted by atomic mass is 32.1. The molecule has 0 spiro atoms. The summed E-state index contributed by atoms with van der Waals surface area (Å²) in [7, 11) is 0. The van der Waals surface area contributed by atoms with Crippen molar-refractivity contribution >= 4 is 23.2 Å². The van der Waals surface area contributed by atoms with Crippen molar-refractivity contribution in [3.63, 3.8) is 0 Å². The largest absolute Gasteiger partial charge is 0.375 e. The van der Waals surface area contributed by atoms with Gasteiger partial charge in [-0.25, -0.2) is 0 Å². The van der Waals surface area contributed by atoms with Gasteiger partial charge in [0.05, 0.1) is 0 Å². The number of nitrogens with two attached hydrogens (primary N) is 1. The molecular formula is C14H21N3OS. The fraction of sp³-hybridized carbons (Fsp3) is 0.429. The number of unbranched alkanes of at least 4 members (excludes halogenated alkanes) is 3. The van der Waals surface area contributed by atoms with Gasteiger partial charge in [-0.2, -0.15) is 0 Å². The lowest BCUT2D eigenvalue weighted by molar-refractivity contribution is 0.0944. The molecule has 0 radical (unpaired) electrons. The molecule has 0 unspecified atom stereocenters. The number of benzene rings is 1. The van der Waals surface area contributed by atoms with E-state index in [2.05, 4.69) is 30.0 Å². The van der Waals surface area contributed by atoms with Crippen LogP contribution < -0.4 is 16.6 Å². The van der Waals surface area contributed by atoms with E-state index in [-0.39, 0.29) is 11.0 Å². The van der Waals surface area contributed by atoms with Gasteiger partial charge < -0.3 is 5.73 Å². The summed E-state index contributed by atoms with van der Waals surface area (Å²) in [5, 5.41) is 0.0425. The zero-order chi connectivity index (χ0) is 14.1. The lowest BCUT2D eigenvalue weighted by atomic mass is 10.0. The summed E-state index contributed by atoms with van der Waals surface area (Å²) in [6.45, 7) is 2.20. The Morgan fingerprint density at radius 1 is 1.16 bits per heavy atom. The van der Waals surface area contributed by atoms with Crippen molar-refractivity contribution in [1.29, 1.82) is 0 Å². The molecule has 0 aromatic heterocycles. The Hall–Kier alpha value is -1.62. The molecule has 0 bridgehead atoms. The zero-order valence-electron chi connectivity index (χ0n) is 11.2. The first-order valence-corrected chi connectivity index (χ1v) is 6.99. The van der Waals surface area contributed by atoms with Crippen molar-refractivity contribution in [2.75, 3.05) is 0 Å². The first-order chi connectivity index (χ1) is 9.13. The predicted octanol–water partition coefficient (Wildman–Crippen LogP) is 2.29. The van der Waals surface area contributed by atoms with E-state index in [1.54, 1.807) is 0 Å². The highest BCUT2D eigenvalue weighted by Crippen LogP contribution is 2.09. The maximum Gasteiger partial charge on any atom is 0.269 e. The maximum absolute atomic E-state index is 11.7. The van der Waals surface area contributed by atoms with Crippen molar-refractivity contribution < 1.29 is 4.79 Å². The summed E-state index contributed by atoms with van der Waals surface area (Å²) in [4.78, 5) is 11.7. The van der Waals surface area contributed by atoms with Crippen LogP contribution >= 0.6 is 12.2 Å². The van der Waals surface area contributed by atoms with E-state index in [1.165, 1.54) is 31.2 Å². The maximum atomic E-state index is 11.7. The quantitative estimate of drug-likeness (QED) is 0.424. The van der Waals surface area contributed by atoms with Gasteiger partial charge >= 0.3 is 0 Å². The number of hydrazine groups is 1. The Bertz CT molecular complexity index is 417. The van der Waals surface area contributed by atoms with E-state index in [9.17, 15) is 4.79 Å². The summed E-state index contributed by atoms with van der Waals surface area (Å²) in [5.41, 5.74) is 11.9. The van der Waals surface area contributed by atoms with Gasteiger partial charge in [0, 0.05) is 5.56 Å². The average Bonchev–Trinajstić information content (AvgIpc) is 2.41. The molecule has 0 saturated carbocycles. The zero-order valence-corrected chi connectivity index (χ0v) is 12.1. The number of thiocarbonyl (C=S) groups is 1. The van der Waals surface area contributed by atoms with Crippen molar-refractivity contribution in [3.8, 4) is 0 Å². The normalized spacial score (nSPS) is 9.95. The summed E-state index contributed by atoms with van der Waals surface area (Å²) in [6, 6.07) is 7.60. The summed E-state index contributed by atoms with van der Waals surface area (Å²) < 4.78 is 0. The third kappa shape index (κ3) is 6.20. The lowest BCUT2D eigenvalue weighted by Crippen LogP contribution is -2.44. The van der Waals surface area contributed by atoms with E-state index >= 15 is 0 Å². The minimum Gasteiger partial charge on any atom is -0.375 e. The number of hydrogen-bond donors (Lipinski definition) is 3. The number of aryl methyl sites for hydroxylation is 1. The molecule has 19 heavy (non-hydrogen) atoms. The van der Waals surface area contributed by atoms with Gasteiger partial charge in [0.15, 0.2) is 5.11 Å². The topological polar surface area (TPSA) is 67.2 Å². The second kappa shape index (κ2) is 8.48. The molecule has 0 saturated heterocycles. The second-order valence-corrected chi connectivity index (χ2v) is 4.89. The van der Waals surface area contributed by atoms with Crippen LogP contribution in [0.4, 0.5) is 0 Å². The molecule has 1 amide bonds. The molecule has 1 aromatic rings. The van der Waals surface area contributed by atoms with Crippen molar-refractivity contribution in [2.24, 2.45) is 5.73 Å². The van der Waals surface area contributed by atoms with Gasteiger partial charge in [-0.15, -0.1) is 0 Å². The van der Waals surface area contributed by atoms with Crippen LogP contribution in [0, 0.1) is 0 Å². The minimum atomic E-state index is -0.245. The van der Waals surface area contributed by atoms with Gasteiger partial charge in [-0.3, -0.25) is 15.6 Å². The molecule has 0 heterocycles. The summed E-state index contributed by atoms with van der Waals surface area (Å²) >= 11 is 4.61. The van der Waals surface area contributed by atoms with Gasteiger partial charge in [0.2, 0.25) is 0 Å². The molecule has 0 fully saturated rings. The molecular weight excluding hydrogens is 258 g/mol. The Kier molecular flexibility index (Phi) is 6.89. The van der Waals surface area contributed by atoms with Gasteiger partial charge in [-0.05, 0) is 42.8 Å². The number of nitrogens with one attached hydrogen (secondary N) is 2. The fourth-order valence-electron chi connectivity index (χ4n) is 1.77. The van der Waals surface area contributed by atoms with E-state index in [0.29, 0.717) is 5.56 Å². The molecule has 1 aromatic carbocycles. The Labute approximate surface area is 119 Å². The first-order valence-electron chi connectivity index (χ1n) is 6.58. The van der Waals surface area contributed by atoms with Crippen LogP contribution in [0.2, 0.25) is 0 Å². The molecule has 5 heteroatoms. The molecule has 0 atom stereocenters. The van der Waals surface area contributed by atoms with Crippen LogP contribution in [0.3, 0.4) is 0 Å². The van der Waals surface area contributed by atoms with Gasteiger partial charge in [0.25, 0.3) is 5.91 Å². The highest BCUT2D eigenvalue weighted by molar-refractivity contribution is 7.80. The summed E-state index contributed by atoms with van der Waals surface area (Å²) in [6.07, 6.45) is 6.05. The molecule has 1 rings (SSSR count). The Morgan fingerprint density at radius 3 is 2.42 bits per heavy atom. The average molecular weight is 279 g/mol. The number of carbonyl (C=O) groups is 1. The van der Waals surface area contributed by atoms with Crippen LogP contribution in [0.1, 0.15) is 48.5 Å². The van der Waals surface area contributed by atoms with E-state index in [0.717, 1.165) is 6.42 Å². The predicted molar refractivity (Wildman–Crippen MR) is 81.7 cm³/mol. The number of rotatable bonds is 6. The van der Waals surface area contributed by atoms with E-state index in [1.807, 2.05) is 24.3 Å². The van der Waals surface area contributed by atoms with Crippen LogP contribution in [0.5, 0.6) is 0 Å². The van der Waals surface area contributed by atoms with Gasteiger partial charge in [0.1, 0.15) is 0 Å². The molecule has 104 valence electrons. The van der Waals surface area contributed by atoms with E-state index < -0.39 is 0 Å². The second-order valence-electron chi connectivity index (χ2n) is 4.45. The SMILES string of the molecule is CCCCCCc1ccc(C(=O)NNC(N)=S)cc1. The Balaban J connectivity index is 2.42. The first kappa shape index (κ1) is 15.4. The van der Waals surface area contributed by atoms with Gasteiger partial charge in [-0.1, -0.05) is 38.3 Å². The van der Waals surface area contributed by atoms with Crippen molar-refractivity contribution in [3.05, 3.63) is 35.4 Å². The van der Waals surface area contributed by atoms with Crippen molar-refractivity contribution in [1.82, 2.24) is 10.9 Å². The standard InChI is InChI=1S/C14H21N3OS/c1-2-3-4-5-6-11-7-9-12(10-8-11)13(18)16-17-14(15)19/h7-10H,2-6H2,1H3,(H,16,18)(H3,15,17,19). The van der Waals surface area contributed by atoms with Crippen LogP contribution in [0.15, 0.2) is 24.3 Å². The van der Waals surface area contributed by atoms with Crippen LogP contribution in [0.25, 0.3) is 0 Å². The highest BCUT2D eigenvalue weighted by Gasteiger charge is 2.04. The molecule has 0 aliphatic heterocycles. The van der Waals surface area contributed by atoms with Crippen LogP contribution in [-0.4, -0.2) is 11.0 Å². The number of amides is 1. The molecule has 0 aliphatic carbocycles.